The van der Waals surface area contributed by atoms with Gasteiger partial charge in [0, 0.05) is 13.1 Å². The second-order valence-electron chi connectivity index (χ2n) is 9.99. The maximum Gasteiger partial charge on any atom is 0.264 e. The number of carbonyl (C=O) groups is 2. The van der Waals surface area contributed by atoms with Crippen molar-refractivity contribution in [3.63, 3.8) is 0 Å². The Balaban J connectivity index is 2.02. The monoisotopic (exact) mass is 535 g/mol. The minimum atomic E-state index is -4.07. The molecule has 0 aliphatic carbocycles. The Labute approximate surface area is 226 Å². The van der Waals surface area contributed by atoms with Gasteiger partial charge < -0.3 is 10.2 Å². The molecule has 0 bridgehead atoms. The second kappa shape index (κ2) is 12.7. The molecule has 0 saturated heterocycles. The minimum absolute atomic E-state index is 0.0873. The van der Waals surface area contributed by atoms with Crippen molar-refractivity contribution in [2.75, 3.05) is 17.4 Å². The number of benzene rings is 3. The van der Waals surface area contributed by atoms with Crippen LogP contribution in [-0.2, 0) is 26.2 Å². The summed E-state index contributed by atoms with van der Waals surface area (Å²) in [6.45, 7) is 9.62. The van der Waals surface area contributed by atoms with Crippen LogP contribution in [0.3, 0.4) is 0 Å². The quantitative estimate of drug-likeness (QED) is 0.386. The van der Waals surface area contributed by atoms with Crippen LogP contribution in [0.15, 0.2) is 83.8 Å². The molecule has 0 radical (unpaired) electrons. The molecule has 0 saturated carbocycles. The molecule has 1 N–H and O–H groups in total. The molecule has 1 atom stereocenters. The van der Waals surface area contributed by atoms with Crippen LogP contribution >= 0.6 is 0 Å². The number of hydrogen-bond donors (Lipinski definition) is 1. The second-order valence-corrected chi connectivity index (χ2v) is 11.9. The molecule has 38 heavy (non-hydrogen) atoms. The van der Waals surface area contributed by atoms with E-state index < -0.39 is 28.5 Å². The van der Waals surface area contributed by atoms with Crippen molar-refractivity contribution in [1.82, 2.24) is 10.2 Å². The molecule has 202 valence electrons. The number of hydrogen-bond acceptors (Lipinski definition) is 4. The van der Waals surface area contributed by atoms with Gasteiger partial charge in [-0.15, -0.1) is 0 Å². The maximum absolute atomic E-state index is 13.9. The van der Waals surface area contributed by atoms with E-state index in [9.17, 15) is 18.0 Å². The zero-order valence-corrected chi connectivity index (χ0v) is 23.5. The summed E-state index contributed by atoms with van der Waals surface area (Å²) in [6, 6.07) is 22.1. The molecule has 0 aliphatic rings. The van der Waals surface area contributed by atoms with Crippen molar-refractivity contribution < 1.29 is 18.0 Å². The highest BCUT2D eigenvalue weighted by atomic mass is 32.2. The first-order valence-electron chi connectivity index (χ1n) is 12.8. The number of nitrogens with zero attached hydrogens (tertiary/aromatic N) is 2. The Morgan fingerprint density at radius 1 is 0.842 bits per heavy atom. The van der Waals surface area contributed by atoms with Crippen molar-refractivity contribution in [3.05, 3.63) is 95.6 Å². The van der Waals surface area contributed by atoms with Gasteiger partial charge in [0.1, 0.15) is 12.6 Å². The van der Waals surface area contributed by atoms with Crippen molar-refractivity contribution in [3.8, 4) is 0 Å². The van der Waals surface area contributed by atoms with Gasteiger partial charge in [-0.2, -0.15) is 0 Å². The van der Waals surface area contributed by atoms with Crippen LogP contribution in [-0.4, -0.2) is 44.3 Å². The van der Waals surface area contributed by atoms with Crippen molar-refractivity contribution >= 4 is 27.5 Å². The first kappa shape index (κ1) is 28.9. The predicted octanol–water partition coefficient (Wildman–Crippen LogP) is 4.69. The first-order chi connectivity index (χ1) is 18.0. The SMILES string of the molecule is Cc1cc(C)cc(N(CC(=O)N(Cc2ccccc2)[C@H](C)C(=O)NCC(C)C)S(=O)(=O)c2ccccc2)c1. The number of sulfonamides is 1. The third kappa shape index (κ3) is 7.44. The summed E-state index contributed by atoms with van der Waals surface area (Å²) in [5, 5.41) is 2.89. The summed E-state index contributed by atoms with van der Waals surface area (Å²) in [4.78, 5) is 28.4. The maximum atomic E-state index is 13.9. The van der Waals surface area contributed by atoms with Crippen molar-refractivity contribution in [1.29, 1.82) is 0 Å². The van der Waals surface area contributed by atoms with E-state index in [2.05, 4.69) is 5.32 Å². The van der Waals surface area contributed by atoms with Gasteiger partial charge in [0.25, 0.3) is 10.0 Å². The van der Waals surface area contributed by atoms with Crippen LogP contribution in [0.5, 0.6) is 0 Å². The van der Waals surface area contributed by atoms with E-state index in [0.717, 1.165) is 21.0 Å². The lowest BCUT2D eigenvalue weighted by atomic mass is 10.1. The van der Waals surface area contributed by atoms with E-state index >= 15 is 0 Å². The van der Waals surface area contributed by atoms with Crippen LogP contribution in [0.2, 0.25) is 0 Å². The van der Waals surface area contributed by atoms with Gasteiger partial charge in [-0.05, 0) is 67.6 Å². The molecule has 2 amide bonds. The van der Waals surface area contributed by atoms with E-state index in [1.807, 2.05) is 64.1 Å². The molecule has 8 heteroatoms. The molecule has 0 fully saturated rings. The number of rotatable bonds is 11. The number of carbonyl (C=O) groups excluding carboxylic acids is 2. The van der Waals surface area contributed by atoms with Crippen LogP contribution in [0, 0.1) is 19.8 Å². The summed E-state index contributed by atoms with van der Waals surface area (Å²) in [7, 11) is -4.07. The molecular weight excluding hydrogens is 498 g/mol. The lowest BCUT2D eigenvalue weighted by Crippen LogP contribution is -2.51. The zero-order valence-electron chi connectivity index (χ0n) is 22.7. The number of anilines is 1. The largest absolute Gasteiger partial charge is 0.354 e. The Hall–Kier alpha value is -3.65. The number of nitrogens with one attached hydrogen (secondary N) is 1. The van der Waals surface area contributed by atoms with Gasteiger partial charge in [0.05, 0.1) is 10.6 Å². The normalized spacial score (nSPS) is 12.2. The highest BCUT2D eigenvalue weighted by molar-refractivity contribution is 7.92. The average Bonchev–Trinajstić information content (AvgIpc) is 2.88. The topological polar surface area (TPSA) is 86.8 Å². The fourth-order valence-electron chi connectivity index (χ4n) is 4.16. The van der Waals surface area contributed by atoms with Crippen LogP contribution in [0.25, 0.3) is 0 Å². The van der Waals surface area contributed by atoms with E-state index in [4.69, 9.17) is 0 Å². The van der Waals surface area contributed by atoms with Gasteiger partial charge in [0.15, 0.2) is 0 Å². The van der Waals surface area contributed by atoms with Crippen molar-refractivity contribution in [2.45, 2.75) is 52.1 Å². The molecule has 0 spiro atoms. The summed E-state index contributed by atoms with van der Waals surface area (Å²) in [5.41, 5.74) is 3.00. The van der Waals surface area contributed by atoms with E-state index in [-0.39, 0.29) is 23.3 Å². The Morgan fingerprint density at radius 3 is 1.95 bits per heavy atom. The minimum Gasteiger partial charge on any atom is -0.354 e. The fraction of sp³-hybridized carbons (Fsp3) is 0.333. The van der Waals surface area contributed by atoms with Gasteiger partial charge in [-0.3, -0.25) is 13.9 Å². The Kier molecular flexibility index (Phi) is 9.69. The molecule has 3 aromatic rings. The highest BCUT2D eigenvalue weighted by Gasteiger charge is 2.32. The Morgan fingerprint density at radius 2 is 1.39 bits per heavy atom. The highest BCUT2D eigenvalue weighted by Crippen LogP contribution is 2.26. The lowest BCUT2D eigenvalue weighted by Gasteiger charge is -2.32. The third-order valence-electron chi connectivity index (χ3n) is 6.15. The standard InChI is InChI=1S/C30H37N3O4S/c1-22(2)19-31-30(35)25(5)32(20-26-12-8-6-9-13-26)29(34)21-33(27-17-23(3)16-24(4)18-27)38(36,37)28-14-10-7-11-15-28/h6-18,22,25H,19-21H2,1-5H3,(H,31,35)/t25-/m1/s1. The van der Waals surface area contributed by atoms with Gasteiger partial charge >= 0.3 is 0 Å². The number of aryl methyl sites for hydroxylation is 2. The molecule has 0 heterocycles. The van der Waals surface area contributed by atoms with Gasteiger partial charge in [-0.25, -0.2) is 8.42 Å². The molecule has 0 aliphatic heterocycles. The number of amides is 2. The molecule has 0 unspecified atom stereocenters. The van der Waals surface area contributed by atoms with Gasteiger partial charge in [0.2, 0.25) is 11.8 Å². The van der Waals surface area contributed by atoms with Crippen LogP contribution < -0.4 is 9.62 Å². The van der Waals surface area contributed by atoms with Gasteiger partial charge in [-0.1, -0.05) is 68.4 Å². The summed E-state index contributed by atoms with van der Waals surface area (Å²) < 4.78 is 28.8. The van der Waals surface area contributed by atoms with Crippen molar-refractivity contribution in [2.24, 2.45) is 5.92 Å². The summed E-state index contributed by atoms with van der Waals surface area (Å²) >= 11 is 0. The zero-order chi connectivity index (χ0) is 27.9. The average molecular weight is 536 g/mol. The van der Waals surface area contributed by atoms with Crippen LogP contribution in [0.1, 0.15) is 37.5 Å². The van der Waals surface area contributed by atoms with Crippen LogP contribution in [0.4, 0.5) is 5.69 Å². The molecule has 7 nitrogen and oxygen atoms in total. The molecular formula is C30H37N3O4S. The van der Waals surface area contributed by atoms with E-state index in [1.54, 1.807) is 37.3 Å². The summed E-state index contributed by atoms with van der Waals surface area (Å²) in [6.07, 6.45) is 0. The molecule has 3 rings (SSSR count). The first-order valence-corrected chi connectivity index (χ1v) is 14.2. The van der Waals surface area contributed by atoms with E-state index in [0.29, 0.717) is 12.2 Å². The predicted molar refractivity (Wildman–Crippen MR) is 151 cm³/mol. The summed E-state index contributed by atoms with van der Waals surface area (Å²) in [5.74, 6) is -0.507. The fourth-order valence-corrected chi connectivity index (χ4v) is 5.58. The smallest absolute Gasteiger partial charge is 0.264 e. The third-order valence-corrected chi connectivity index (χ3v) is 7.94. The Bertz CT molecular complexity index is 1320. The molecule has 3 aromatic carbocycles. The van der Waals surface area contributed by atoms with E-state index in [1.165, 1.54) is 17.0 Å². The molecule has 0 aromatic heterocycles. The lowest BCUT2D eigenvalue weighted by molar-refractivity contribution is -0.139.